The van der Waals surface area contributed by atoms with Gasteiger partial charge in [0, 0.05) is 42.6 Å². The van der Waals surface area contributed by atoms with Crippen molar-refractivity contribution in [3.05, 3.63) is 94.8 Å². The number of halogens is 2. The zero-order valence-corrected chi connectivity index (χ0v) is 20.5. The van der Waals surface area contributed by atoms with Gasteiger partial charge in [-0.1, -0.05) is 41.9 Å². The van der Waals surface area contributed by atoms with E-state index >= 15 is 0 Å². The molecule has 4 rings (SSSR count). The lowest BCUT2D eigenvalue weighted by atomic mass is 10.1. The zero-order valence-electron chi connectivity index (χ0n) is 19.8. The predicted octanol–water partition coefficient (Wildman–Crippen LogP) is 3.96. The number of urea groups is 2. The number of carbonyl (C=O) groups excluding carboxylic acids is 3. The van der Waals surface area contributed by atoms with Gasteiger partial charge in [-0.05, 0) is 53.6 Å². The molecule has 9 nitrogen and oxygen atoms in total. The van der Waals surface area contributed by atoms with E-state index in [9.17, 15) is 18.8 Å². The van der Waals surface area contributed by atoms with Crippen LogP contribution in [-0.4, -0.2) is 47.0 Å². The van der Waals surface area contributed by atoms with E-state index in [1.807, 2.05) is 24.3 Å². The van der Waals surface area contributed by atoms with Crippen LogP contribution in [-0.2, 0) is 17.9 Å². The van der Waals surface area contributed by atoms with Gasteiger partial charge in [-0.3, -0.25) is 14.6 Å². The van der Waals surface area contributed by atoms with Gasteiger partial charge in [-0.15, -0.1) is 0 Å². The number of anilines is 2. The van der Waals surface area contributed by atoms with Crippen molar-refractivity contribution >= 4 is 40.9 Å². The largest absolute Gasteiger partial charge is 0.349 e. The van der Waals surface area contributed by atoms with Crippen LogP contribution in [0.2, 0.25) is 5.02 Å². The Hall–Kier alpha value is -4.15. The topological polar surface area (TPSA) is 120 Å². The van der Waals surface area contributed by atoms with E-state index in [1.54, 1.807) is 24.3 Å². The summed E-state index contributed by atoms with van der Waals surface area (Å²) >= 11 is 5.92. The van der Waals surface area contributed by atoms with Gasteiger partial charge in [0.25, 0.3) is 5.91 Å². The molecule has 5 amide bonds. The second-order valence-corrected chi connectivity index (χ2v) is 8.82. The Morgan fingerprint density at radius 2 is 1.49 bits per heavy atom. The Kier molecular flexibility index (Phi) is 8.22. The molecule has 1 aliphatic rings. The second-order valence-electron chi connectivity index (χ2n) is 8.38. The first-order valence-corrected chi connectivity index (χ1v) is 11.9. The normalized spacial score (nSPS) is 14.8. The SMILES string of the molecule is NCc1cccc(CNC(=O)C2N(C(=O)Nc3ccc(Cl)cc3)CCN2C(=O)Nc2cccc(F)c2)c1. The highest BCUT2D eigenvalue weighted by Gasteiger charge is 2.42. The standard InChI is InChI=1S/C26H26ClFN6O3/c27-19-7-9-21(10-8-19)31-25(36)33-11-12-34(26(37)32-22-6-2-5-20(28)14-22)24(33)23(35)30-16-18-4-1-3-17(13-18)15-29/h1-10,13-14,24H,11-12,15-16,29H2,(H,30,35)(H,31,36)(H,32,37). The molecule has 0 aliphatic carbocycles. The van der Waals surface area contributed by atoms with Crippen LogP contribution in [0.1, 0.15) is 11.1 Å². The molecule has 0 bridgehead atoms. The summed E-state index contributed by atoms with van der Waals surface area (Å²) < 4.78 is 13.6. The van der Waals surface area contributed by atoms with E-state index in [1.165, 1.54) is 34.1 Å². The summed E-state index contributed by atoms with van der Waals surface area (Å²) in [6.45, 7) is 0.735. The van der Waals surface area contributed by atoms with Gasteiger partial charge in [0.05, 0.1) is 0 Å². The molecular weight excluding hydrogens is 499 g/mol. The average Bonchev–Trinajstić information content (AvgIpc) is 3.34. The molecule has 0 radical (unpaired) electrons. The van der Waals surface area contributed by atoms with Crippen LogP contribution in [0.4, 0.5) is 25.4 Å². The summed E-state index contributed by atoms with van der Waals surface area (Å²) in [6.07, 6.45) is -1.24. The van der Waals surface area contributed by atoms with Crippen molar-refractivity contribution in [2.75, 3.05) is 23.7 Å². The molecule has 1 atom stereocenters. The highest BCUT2D eigenvalue weighted by molar-refractivity contribution is 6.30. The first-order chi connectivity index (χ1) is 17.8. The lowest BCUT2D eigenvalue weighted by Gasteiger charge is -2.29. The third-order valence-electron chi connectivity index (χ3n) is 5.79. The fourth-order valence-electron chi connectivity index (χ4n) is 3.97. The van der Waals surface area contributed by atoms with Gasteiger partial charge >= 0.3 is 12.1 Å². The summed E-state index contributed by atoms with van der Waals surface area (Å²) in [5, 5.41) is 8.64. The van der Waals surface area contributed by atoms with Crippen molar-refractivity contribution in [3.63, 3.8) is 0 Å². The van der Waals surface area contributed by atoms with Gasteiger partial charge in [0.2, 0.25) is 0 Å². The fraction of sp³-hybridized carbons (Fsp3) is 0.192. The summed E-state index contributed by atoms with van der Waals surface area (Å²) in [6, 6.07) is 18.1. The van der Waals surface area contributed by atoms with Crippen molar-refractivity contribution in [2.24, 2.45) is 5.73 Å². The van der Waals surface area contributed by atoms with Crippen molar-refractivity contribution in [2.45, 2.75) is 19.3 Å². The van der Waals surface area contributed by atoms with Gasteiger partial charge in [-0.2, -0.15) is 0 Å². The molecule has 1 aliphatic heterocycles. The number of hydrogen-bond acceptors (Lipinski definition) is 4. The first kappa shape index (κ1) is 25.9. The molecule has 5 N–H and O–H groups in total. The highest BCUT2D eigenvalue weighted by atomic mass is 35.5. The molecule has 1 fully saturated rings. The van der Waals surface area contributed by atoms with E-state index in [0.29, 0.717) is 17.3 Å². The van der Waals surface area contributed by atoms with E-state index in [-0.39, 0.29) is 25.3 Å². The maximum absolute atomic E-state index is 13.6. The van der Waals surface area contributed by atoms with Crippen molar-refractivity contribution in [1.29, 1.82) is 0 Å². The lowest BCUT2D eigenvalue weighted by molar-refractivity contribution is -0.127. The number of nitrogens with zero attached hydrogens (tertiary/aromatic N) is 2. The Balaban J connectivity index is 1.52. The van der Waals surface area contributed by atoms with Crippen molar-refractivity contribution in [3.8, 4) is 0 Å². The molecule has 0 aromatic heterocycles. The number of nitrogens with two attached hydrogens (primary N) is 1. The Bertz CT molecular complexity index is 1290. The second kappa shape index (κ2) is 11.7. The summed E-state index contributed by atoms with van der Waals surface area (Å²) in [7, 11) is 0. The van der Waals surface area contributed by atoms with E-state index in [4.69, 9.17) is 17.3 Å². The smallest absolute Gasteiger partial charge is 0.323 e. The molecule has 1 saturated heterocycles. The van der Waals surface area contributed by atoms with E-state index < -0.39 is 30.0 Å². The molecule has 3 aromatic carbocycles. The number of hydrogen-bond donors (Lipinski definition) is 4. The molecule has 1 unspecified atom stereocenters. The minimum Gasteiger partial charge on any atom is -0.349 e. The van der Waals surface area contributed by atoms with Crippen LogP contribution in [0.25, 0.3) is 0 Å². The highest BCUT2D eigenvalue weighted by Crippen LogP contribution is 2.21. The van der Waals surface area contributed by atoms with Crippen LogP contribution < -0.4 is 21.7 Å². The molecule has 0 spiro atoms. The number of rotatable bonds is 6. The first-order valence-electron chi connectivity index (χ1n) is 11.6. The predicted molar refractivity (Wildman–Crippen MR) is 139 cm³/mol. The summed E-state index contributed by atoms with van der Waals surface area (Å²) in [4.78, 5) is 42.1. The minimum absolute atomic E-state index is 0.0932. The van der Waals surface area contributed by atoms with Crippen LogP contribution in [0, 0.1) is 5.82 Å². The molecule has 11 heteroatoms. The van der Waals surface area contributed by atoms with Crippen LogP contribution in [0.5, 0.6) is 0 Å². The maximum atomic E-state index is 13.6. The third kappa shape index (κ3) is 6.54. The minimum atomic E-state index is -1.24. The quantitative estimate of drug-likeness (QED) is 0.390. The molecule has 0 saturated carbocycles. The molecule has 3 aromatic rings. The van der Waals surface area contributed by atoms with Crippen LogP contribution in [0.15, 0.2) is 72.8 Å². The van der Waals surface area contributed by atoms with E-state index in [2.05, 4.69) is 16.0 Å². The van der Waals surface area contributed by atoms with E-state index in [0.717, 1.165) is 11.1 Å². The average molecular weight is 525 g/mol. The van der Waals surface area contributed by atoms with Gasteiger partial charge in [0.15, 0.2) is 6.17 Å². The number of benzene rings is 3. The summed E-state index contributed by atoms with van der Waals surface area (Å²) in [5.74, 6) is -1.06. The Morgan fingerprint density at radius 1 is 0.865 bits per heavy atom. The molecule has 192 valence electrons. The van der Waals surface area contributed by atoms with Crippen LogP contribution in [0.3, 0.4) is 0 Å². The van der Waals surface area contributed by atoms with Crippen LogP contribution >= 0.6 is 11.6 Å². The third-order valence-corrected chi connectivity index (χ3v) is 6.05. The molecule has 1 heterocycles. The van der Waals surface area contributed by atoms with Gasteiger partial charge in [-0.25, -0.2) is 14.0 Å². The monoisotopic (exact) mass is 524 g/mol. The maximum Gasteiger partial charge on any atom is 0.323 e. The molecule has 37 heavy (non-hydrogen) atoms. The fourth-order valence-corrected chi connectivity index (χ4v) is 4.10. The Labute approximate surface area is 218 Å². The molecular formula is C26H26ClFN6O3. The van der Waals surface area contributed by atoms with Gasteiger partial charge < -0.3 is 21.7 Å². The zero-order chi connectivity index (χ0) is 26.4. The van der Waals surface area contributed by atoms with Crippen molar-refractivity contribution < 1.29 is 18.8 Å². The Morgan fingerprint density at radius 3 is 2.14 bits per heavy atom. The lowest BCUT2D eigenvalue weighted by Crippen LogP contribution is -2.55. The number of carbonyl (C=O) groups is 3. The van der Waals surface area contributed by atoms with Gasteiger partial charge in [0.1, 0.15) is 5.82 Å². The number of nitrogens with one attached hydrogen (secondary N) is 3. The van der Waals surface area contributed by atoms with Crippen molar-refractivity contribution in [1.82, 2.24) is 15.1 Å². The number of amides is 5. The summed E-state index contributed by atoms with van der Waals surface area (Å²) in [5.41, 5.74) is 8.14.